The lowest BCUT2D eigenvalue weighted by molar-refractivity contribution is -0.490. The molecule has 1 atom stereocenters. The van der Waals surface area contributed by atoms with Gasteiger partial charge in [0.05, 0.1) is 0 Å². The van der Waals surface area contributed by atoms with E-state index in [1.54, 1.807) is 0 Å². The summed E-state index contributed by atoms with van der Waals surface area (Å²) in [7, 11) is 0. The summed E-state index contributed by atoms with van der Waals surface area (Å²) in [5.74, 6) is 0.141. The van der Waals surface area contributed by atoms with E-state index in [0.717, 1.165) is 0 Å². The minimum atomic E-state index is -0.254. The third-order valence-electron chi connectivity index (χ3n) is 1.90. The van der Waals surface area contributed by atoms with Gasteiger partial charge >= 0.3 is 0 Å². The third kappa shape index (κ3) is 3.43. The number of nitrogens with zero attached hydrogens (tertiary/aromatic N) is 1. The van der Waals surface area contributed by atoms with Gasteiger partial charge < -0.3 is 0 Å². The van der Waals surface area contributed by atoms with Crippen molar-refractivity contribution in [2.24, 2.45) is 11.3 Å². The highest BCUT2D eigenvalue weighted by atomic mass is 16.6. The predicted molar refractivity (Wildman–Crippen MR) is 40.5 cm³/mol. The second kappa shape index (κ2) is 2.99. The molecule has 0 aromatic heterocycles. The van der Waals surface area contributed by atoms with Crippen molar-refractivity contribution in [1.82, 2.24) is 0 Å². The van der Waals surface area contributed by atoms with E-state index in [1.165, 1.54) is 0 Å². The molecule has 0 aliphatic carbocycles. The summed E-state index contributed by atoms with van der Waals surface area (Å²) in [4.78, 5) is 9.81. The smallest absolute Gasteiger partial charge is 0.206 e. The Kier molecular flexibility index (Phi) is 2.81. The topological polar surface area (TPSA) is 43.1 Å². The SMILES string of the molecule is CC(C[N+](=O)[O-])C(C)(C)C. The summed E-state index contributed by atoms with van der Waals surface area (Å²) in [6, 6.07) is 0. The van der Waals surface area contributed by atoms with Gasteiger partial charge in [-0.05, 0) is 5.41 Å². The minimum absolute atomic E-state index is 0.0487. The van der Waals surface area contributed by atoms with Crippen LogP contribution in [0.2, 0.25) is 0 Å². The molecule has 0 aromatic rings. The van der Waals surface area contributed by atoms with Crippen molar-refractivity contribution in [2.75, 3.05) is 6.54 Å². The molecule has 0 fully saturated rings. The van der Waals surface area contributed by atoms with E-state index in [0.29, 0.717) is 0 Å². The maximum absolute atomic E-state index is 10.1. The first-order chi connectivity index (χ1) is 4.34. The molecule has 3 heteroatoms. The molecule has 0 bridgehead atoms. The molecule has 0 amide bonds. The number of hydrogen-bond donors (Lipinski definition) is 0. The van der Waals surface area contributed by atoms with Crippen molar-refractivity contribution in [3.63, 3.8) is 0 Å². The maximum atomic E-state index is 10.1. The van der Waals surface area contributed by atoms with Crippen molar-refractivity contribution in [3.05, 3.63) is 10.1 Å². The second-order valence-corrected chi connectivity index (χ2v) is 3.78. The summed E-state index contributed by atoms with van der Waals surface area (Å²) in [6.45, 7) is 8.02. The van der Waals surface area contributed by atoms with Gasteiger partial charge in [-0.2, -0.15) is 0 Å². The fourth-order valence-corrected chi connectivity index (χ4v) is 0.497. The van der Waals surface area contributed by atoms with Crippen LogP contribution in [-0.2, 0) is 0 Å². The first-order valence-corrected chi connectivity index (χ1v) is 3.46. The summed E-state index contributed by atoms with van der Waals surface area (Å²) in [6.07, 6.45) is 0. The van der Waals surface area contributed by atoms with E-state index in [4.69, 9.17) is 0 Å². The van der Waals surface area contributed by atoms with Gasteiger partial charge in [0.15, 0.2) is 0 Å². The van der Waals surface area contributed by atoms with Crippen LogP contribution in [0.3, 0.4) is 0 Å². The fraction of sp³-hybridized carbons (Fsp3) is 1.00. The molecule has 0 radical (unpaired) electrons. The van der Waals surface area contributed by atoms with Gasteiger partial charge in [-0.3, -0.25) is 10.1 Å². The molecule has 0 aliphatic rings. The van der Waals surface area contributed by atoms with E-state index in [-0.39, 0.29) is 22.8 Å². The van der Waals surface area contributed by atoms with Crippen LogP contribution in [0.5, 0.6) is 0 Å². The zero-order chi connectivity index (χ0) is 8.36. The van der Waals surface area contributed by atoms with Crippen LogP contribution >= 0.6 is 0 Å². The van der Waals surface area contributed by atoms with Gasteiger partial charge in [0.1, 0.15) is 0 Å². The second-order valence-electron chi connectivity index (χ2n) is 3.78. The van der Waals surface area contributed by atoms with Crippen molar-refractivity contribution in [3.8, 4) is 0 Å². The lowest BCUT2D eigenvalue weighted by Crippen LogP contribution is -2.24. The molecular weight excluding hydrogens is 130 g/mol. The molecule has 0 rings (SSSR count). The normalized spacial score (nSPS) is 14.8. The Hall–Kier alpha value is -0.600. The Bertz CT molecular complexity index is 126. The molecule has 0 saturated heterocycles. The third-order valence-corrected chi connectivity index (χ3v) is 1.90. The Labute approximate surface area is 61.6 Å². The quantitative estimate of drug-likeness (QED) is 0.440. The van der Waals surface area contributed by atoms with E-state index in [2.05, 4.69) is 0 Å². The highest BCUT2D eigenvalue weighted by Gasteiger charge is 2.23. The zero-order valence-electron chi connectivity index (χ0n) is 7.05. The van der Waals surface area contributed by atoms with Gasteiger partial charge in [-0.25, -0.2) is 0 Å². The minimum Gasteiger partial charge on any atom is -0.265 e. The van der Waals surface area contributed by atoms with E-state index in [1.807, 2.05) is 27.7 Å². The van der Waals surface area contributed by atoms with Crippen molar-refractivity contribution in [2.45, 2.75) is 27.7 Å². The fourth-order valence-electron chi connectivity index (χ4n) is 0.497. The molecule has 60 valence electrons. The summed E-state index contributed by atoms with van der Waals surface area (Å²) in [5.41, 5.74) is 0.0487. The molecule has 0 aromatic carbocycles. The van der Waals surface area contributed by atoms with Gasteiger partial charge in [0.25, 0.3) is 0 Å². The molecular formula is C7H15NO2. The van der Waals surface area contributed by atoms with Crippen molar-refractivity contribution < 1.29 is 4.92 Å². The highest BCUT2D eigenvalue weighted by Crippen LogP contribution is 2.24. The lowest BCUT2D eigenvalue weighted by atomic mass is 9.82. The lowest BCUT2D eigenvalue weighted by Gasteiger charge is -2.23. The number of nitro groups is 1. The standard InChI is InChI=1S/C7H15NO2/c1-6(5-8(9)10)7(2,3)4/h6H,5H2,1-4H3. The Morgan fingerprint density at radius 2 is 1.90 bits per heavy atom. The van der Waals surface area contributed by atoms with Crippen molar-refractivity contribution in [1.29, 1.82) is 0 Å². The Balaban J connectivity index is 3.85. The van der Waals surface area contributed by atoms with Crippen molar-refractivity contribution >= 4 is 0 Å². The largest absolute Gasteiger partial charge is 0.265 e. The number of hydrogen-bond acceptors (Lipinski definition) is 2. The average molecular weight is 145 g/mol. The van der Waals surface area contributed by atoms with Crippen LogP contribution in [0, 0.1) is 21.4 Å². The first kappa shape index (κ1) is 9.40. The zero-order valence-corrected chi connectivity index (χ0v) is 7.05. The summed E-state index contributed by atoms with van der Waals surface area (Å²) >= 11 is 0. The molecule has 10 heavy (non-hydrogen) atoms. The summed E-state index contributed by atoms with van der Waals surface area (Å²) < 4.78 is 0. The van der Waals surface area contributed by atoms with Gasteiger partial charge in [-0.15, -0.1) is 0 Å². The molecule has 0 heterocycles. The average Bonchev–Trinajstić information content (AvgIpc) is 1.60. The van der Waals surface area contributed by atoms with Crippen LogP contribution in [0.1, 0.15) is 27.7 Å². The molecule has 0 saturated carbocycles. The first-order valence-electron chi connectivity index (χ1n) is 3.46. The Morgan fingerprint density at radius 3 is 2.00 bits per heavy atom. The van der Waals surface area contributed by atoms with Gasteiger partial charge in [-0.1, -0.05) is 27.7 Å². The molecule has 0 spiro atoms. The van der Waals surface area contributed by atoms with Crippen LogP contribution in [0.4, 0.5) is 0 Å². The molecule has 1 unspecified atom stereocenters. The molecule has 3 nitrogen and oxygen atoms in total. The Morgan fingerprint density at radius 1 is 1.50 bits per heavy atom. The van der Waals surface area contributed by atoms with Crippen LogP contribution in [0.25, 0.3) is 0 Å². The van der Waals surface area contributed by atoms with E-state index >= 15 is 0 Å². The van der Waals surface area contributed by atoms with E-state index in [9.17, 15) is 10.1 Å². The highest BCUT2D eigenvalue weighted by molar-refractivity contribution is 4.68. The summed E-state index contributed by atoms with van der Waals surface area (Å²) in [5, 5.41) is 10.1. The van der Waals surface area contributed by atoms with Gasteiger partial charge in [0.2, 0.25) is 6.54 Å². The number of rotatable bonds is 2. The maximum Gasteiger partial charge on any atom is 0.206 e. The van der Waals surface area contributed by atoms with Crippen LogP contribution < -0.4 is 0 Å². The molecule has 0 N–H and O–H groups in total. The van der Waals surface area contributed by atoms with Crippen LogP contribution in [-0.4, -0.2) is 11.5 Å². The van der Waals surface area contributed by atoms with Gasteiger partial charge in [0, 0.05) is 10.8 Å². The van der Waals surface area contributed by atoms with Crippen LogP contribution in [0.15, 0.2) is 0 Å². The predicted octanol–water partition coefficient (Wildman–Crippen LogP) is 1.95. The molecule has 0 aliphatic heterocycles. The van der Waals surface area contributed by atoms with E-state index < -0.39 is 0 Å². The monoisotopic (exact) mass is 145 g/mol.